The Morgan fingerprint density at radius 3 is 2.09 bits per heavy atom. The molecule has 122 valence electrons. The summed E-state index contributed by atoms with van der Waals surface area (Å²) in [6.45, 7) is 4.72. The fraction of sp³-hybridized carbons (Fsp3) is 0.400. The van der Waals surface area contributed by atoms with Gasteiger partial charge in [0.1, 0.15) is 17.0 Å². The maximum atomic E-state index is 13.0. The van der Waals surface area contributed by atoms with Crippen molar-refractivity contribution in [1.82, 2.24) is 0 Å². The standard InChI is InChI=1S/C15H18F3NO3/c1-14(2,3)22-13(20)9-12(15(16,17)18)19-10-5-7-11(21-4)8-6-10/h5-9,19H,1-4H3/b12-9+. The highest BCUT2D eigenvalue weighted by Crippen LogP contribution is 2.28. The van der Waals surface area contributed by atoms with E-state index < -0.39 is 23.4 Å². The normalized spacial score (nSPS) is 12.8. The Morgan fingerprint density at radius 1 is 1.14 bits per heavy atom. The number of carbonyl (C=O) groups excluding carboxylic acids is 1. The van der Waals surface area contributed by atoms with Crippen molar-refractivity contribution >= 4 is 11.7 Å². The van der Waals surface area contributed by atoms with Gasteiger partial charge in [0, 0.05) is 5.69 Å². The number of benzene rings is 1. The molecule has 0 aromatic heterocycles. The highest BCUT2D eigenvalue weighted by atomic mass is 19.4. The molecule has 0 aliphatic heterocycles. The van der Waals surface area contributed by atoms with Gasteiger partial charge in [-0.25, -0.2) is 4.79 Å². The van der Waals surface area contributed by atoms with Gasteiger partial charge >= 0.3 is 12.1 Å². The van der Waals surface area contributed by atoms with E-state index in [1.165, 1.54) is 31.4 Å². The van der Waals surface area contributed by atoms with Crippen LogP contribution in [0.4, 0.5) is 18.9 Å². The summed E-state index contributed by atoms with van der Waals surface area (Å²) in [7, 11) is 1.45. The predicted molar refractivity (Wildman–Crippen MR) is 76.6 cm³/mol. The number of carbonyl (C=O) groups is 1. The van der Waals surface area contributed by atoms with E-state index in [1.807, 2.05) is 0 Å². The number of methoxy groups -OCH3 is 1. The van der Waals surface area contributed by atoms with Crippen molar-refractivity contribution in [3.63, 3.8) is 0 Å². The van der Waals surface area contributed by atoms with E-state index in [0.717, 1.165) is 0 Å². The molecule has 0 amide bonds. The van der Waals surface area contributed by atoms with Crippen LogP contribution in [0.3, 0.4) is 0 Å². The lowest BCUT2D eigenvalue weighted by Gasteiger charge is -2.19. The number of ether oxygens (including phenoxy) is 2. The van der Waals surface area contributed by atoms with E-state index in [0.29, 0.717) is 11.8 Å². The molecule has 0 saturated carbocycles. The van der Waals surface area contributed by atoms with E-state index in [-0.39, 0.29) is 5.69 Å². The molecular weight excluding hydrogens is 299 g/mol. The van der Waals surface area contributed by atoms with E-state index in [9.17, 15) is 18.0 Å². The quantitative estimate of drug-likeness (QED) is 0.676. The molecule has 4 nitrogen and oxygen atoms in total. The summed E-state index contributed by atoms with van der Waals surface area (Å²) in [5.41, 5.74) is -1.90. The molecule has 1 aromatic rings. The fourth-order valence-corrected chi connectivity index (χ4v) is 1.47. The topological polar surface area (TPSA) is 47.6 Å². The zero-order chi connectivity index (χ0) is 17.0. The number of nitrogens with one attached hydrogen (secondary N) is 1. The zero-order valence-corrected chi connectivity index (χ0v) is 12.7. The monoisotopic (exact) mass is 317 g/mol. The average Bonchev–Trinajstić information content (AvgIpc) is 2.35. The van der Waals surface area contributed by atoms with Crippen LogP contribution in [0.25, 0.3) is 0 Å². The first kappa shape index (κ1) is 17.9. The molecule has 0 heterocycles. The summed E-state index contributed by atoms with van der Waals surface area (Å²) >= 11 is 0. The van der Waals surface area contributed by atoms with E-state index in [2.05, 4.69) is 5.32 Å². The number of halogens is 3. The second kappa shape index (κ2) is 6.72. The van der Waals surface area contributed by atoms with Gasteiger partial charge in [0.25, 0.3) is 0 Å². The molecule has 1 rings (SSSR count). The Labute approximate surface area is 126 Å². The van der Waals surface area contributed by atoms with Crippen molar-refractivity contribution in [3.05, 3.63) is 36.0 Å². The first-order valence-corrected chi connectivity index (χ1v) is 6.44. The highest BCUT2D eigenvalue weighted by Gasteiger charge is 2.35. The molecule has 0 spiro atoms. The van der Waals surface area contributed by atoms with Crippen LogP contribution in [0.1, 0.15) is 20.8 Å². The molecule has 0 aliphatic carbocycles. The number of allylic oxidation sites excluding steroid dienone is 1. The zero-order valence-electron chi connectivity index (χ0n) is 12.7. The molecule has 0 aliphatic rings. The number of anilines is 1. The van der Waals surface area contributed by atoms with Crippen LogP contribution in [0.2, 0.25) is 0 Å². The minimum Gasteiger partial charge on any atom is -0.497 e. The first-order valence-electron chi connectivity index (χ1n) is 6.44. The number of rotatable bonds is 4. The summed E-state index contributed by atoms with van der Waals surface area (Å²) in [5.74, 6) is -0.559. The molecular formula is C15H18F3NO3. The first-order chi connectivity index (χ1) is 10.0. The Hall–Kier alpha value is -2.18. The number of hydrogen-bond acceptors (Lipinski definition) is 4. The lowest BCUT2D eigenvalue weighted by Crippen LogP contribution is -2.25. The molecule has 1 N–H and O–H groups in total. The fourth-order valence-electron chi connectivity index (χ4n) is 1.47. The van der Waals surface area contributed by atoms with Crippen LogP contribution in [0.5, 0.6) is 5.75 Å². The minimum absolute atomic E-state index is 0.174. The molecule has 0 unspecified atom stereocenters. The van der Waals surface area contributed by atoms with Gasteiger partial charge in [-0.1, -0.05) is 0 Å². The summed E-state index contributed by atoms with van der Waals surface area (Å²) < 4.78 is 48.7. The Bertz CT molecular complexity index is 543. The highest BCUT2D eigenvalue weighted by molar-refractivity contribution is 5.84. The average molecular weight is 317 g/mol. The predicted octanol–water partition coefficient (Wildman–Crippen LogP) is 3.90. The van der Waals surface area contributed by atoms with E-state index >= 15 is 0 Å². The summed E-state index contributed by atoms with van der Waals surface area (Å²) in [6, 6.07) is 5.83. The van der Waals surface area contributed by atoms with Gasteiger partial charge in [-0.15, -0.1) is 0 Å². The molecule has 0 radical (unpaired) electrons. The molecule has 1 aromatic carbocycles. The van der Waals surface area contributed by atoms with E-state index in [1.54, 1.807) is 20.8 Å². The van der Waals surface area contributed by atoms with Crippen LogP contribution in [0, 0.1) is 0 Å². The van der Waals surface area contributed by atoms with Gasteiger partial charge < -0.3 is 14.8 Å². The molecule has 22 heavy (non-hydrogen) atoms. The molecule has 0 bridgehead atoms. The van der Waals surface area contributed by atoms with Crippen molar-refractivity contribution in [2.75, 3.05) is 12.4 Å². The van der Waals surface area contributed by atoms with Crippen LogP contribution in [0.15, 0.2) is 36.0 Å². The SMILES string of the molecule is COc1ccc(N/C(=C/C(=O)OC(C)(C)C)C(F)(F)F)cc1. The van der Waals surface area contributed by atoms with Crippen molar-refractivity contribution in [1.29, 1.82) is 0 Å². The van der Waals surface area contributed by atoms with Crippen molar-refractivity contribution in [2.24, 2.45) is 0 Å². The lowest BCUT2D eigenvalue weighted by molar-refractivity contribution is -0.149. The third-order valence-electron chi connectivity index (χ3n) is 2.34. The number of hydrogen-bond donors (Lipinski definition) is 1. The van der Waals surface area contributed by atoms with Gasteiger partial charge in [-0.2, -0.15) is 13.2 Å². The largest absolute Gasteiger partial charge is 0.497 e. The van der Waals surface area contributed by atoms with Gasteiger partial charge in [-0.05, 0) is 45.0 Å². The lowest BCUT2D eigenvalue weighted by atomic mass is 10.2. The van der Waals surface area contributed by atoms with Crippen molar-refractivity contribution < 1.29 is 27.4 Å². The third-order valence-corrected chi connectivity index (χ3v) is 2.34. The summed E-state index contributed by atoms with van der Waals surface area (Å²) in [4.78, 5) is 11.5. The van der Waals surface area contributed by atoms with Crippen LogP contribution in [-0.4, -0.2) is 24.9 Å². The van der Waals surface area contributed by atoms with Crippen LogP contribution < -0.4 is 10.1 Å². The number of esters is 1. The molecule has 7 heteroatoms. The van der Waals surface area contributed by atoms with Gasteiger partial charge in [0.2, 0.25) is 0 Å². The maximum absolute atomic E-state index is 13.0. The van der Waals surface area contributed by atoms with Crippen LogP contribution >= 0.6 is 0 Å². The third kappa shape index (κ3) is 6.07. The van der Waals surface area contributed by atoms with Crippen molar-refractivity contribution in [3.8, 4) is 5.75 Å². The minimum atomic E-state index is -4.71. The second-order valence-electron chi connectivity index (χ2n) is 5.44. The van der Waals surface area contributed by atoms with E-state index in [4.69, 9.17) is 9.47 Å². The maximum Gasteiger partial charge on any atom is 0.431 e. The van der Waals surface area contributed by atoms with Crippen molar-refractivity contribution in [2.45, 2.75) is 32.5 Å². The Balaban J connectivity index is 2.96. The van der Waals surface area contributed by atoms with Gasteiger partial charge in [-0.3, -0.25) is 0 Å². The van der Waals surface area contributed by atoms with Gasteiger partial charge in [0.05, 0.1) is 13.2 Å². The van der Waals surface area contributed by atoms with Gasteiger partial charge in [0.15, 0.2) is 0 Å². The molecule has 0 saturated heterocycles. The summed E-state index contributed by atoms with van der Waals surface area (Å²) in [6.07, 6.45) is -4.31. The Morgan fingerprint density at radius 2 is 1.68 bits per heavy atom. The summed E-state index contributed by atoms with van der Waals surface area (Å²) in [5, 5.41) is 2.17. The molecule has 0 fully saturated rings. The second-order valence-corrected chi connectivity index (χ2v) is 5.44. The van der Waals surface area contributed by atoms with Crippen LogP contribution in [-0.2, 0) is 9.53 Å². The Kier molecular flexibility index (Phi) is 5.46. The smallest absolute Gasteiger partial charge is 0.431 e. The molecule has 0 atom stereocenters. The number of alkyl halides is 3.